The summed E-state index contributed by atoms with van der Waals surface area (Å²) in [6.07, 6.45) is 1.96. The summed E-state index contributed by atoms with van der Waals surface area (Å²) in [6, 6.07) is -0.647. The van der Waals surface area contributed by atoms with Crippen molar-refractivity contribution in [1.82, 2.24) is 5.32 Å². The van der Waals surface area contributed by atoms with E-state index in [2.05, 4.69) is 5.32 Å². The van der Waals surface area contributed by atoms with Crippen LogP contribution in [0.3, 0.4) is 0 Å². The molecule has 0 fully saturated rings. The normalized spacial score (nSPS) is 12.4. The van der Waals surface area contributed by atoms with E-state index in [9.17, 15) is 9.59 Å². The number of hydrogen-bond donors (Lipinski definition) is 4. The Kier molecular flexibility index (Phi) is 6.69. The molecule has 0 bridgehead atoms. The lowest BCUT2D eigenvalue weighted by atomic mass is 10.2. The molecule has 0 saturated heterocycles. The molecule has 0 aromatic carbocycles. The van der Waals surface area contributed by atoms with E-state index in [1.54, 1.807) is 0 Å². The zero-order chi connectivity index (χ0) is 11.0. The van der Waals surface area contributed by atoms with Gasteiger partial charge in [-0.15, -0.1) is 0 Å². The van der Waals surface area contributed by atoms with E-state index in [0.717, 1.165) is 12.8 Å². The number of unbranched alkanes of at least 4 members (excludes halogenated alkanes) is 1. The zero-order valence-corrected chi connectivity index (χ0v) is 8.16. The van der Waals surface area contributed by atoms with Crippen molar-refractivity contribution in [3.8, 4) is 0 Å². The van der Waals surface area contributed by atoms with Gasteiger partial charge in [-0.1, -0.05) is 0 Å². The van der Waals surface area contributed by atoms with E-state index < -0.39 is 11.9 Å². The van der Waals surface area contributed by atoms with E-state index in [1.165, 1.54) is 0 Å². The summed E-state index contributed by atoms with van der Waals surface area (Å²) in [5, 5.41) is 2.96. The van der Waals surface area contributed by atoms with Gasteiger partial charge < -0.3 is 22.5 Å². The van der Waals surface area contributed by atoms with Crippen LogP contribution < -0.4 is 22.5 Å². The highest BCUT2D eigenvalue weighted by Crippen LogP contribution is 1.91. The number of carbonyl (C=O) groups is 2. The van der Waals surface area contributed by atoms with Crippen molar-refractivity contribution in [1.29, 1.82) is 0 Å². The molecule has 0 heterocycles. The Hall–Kier alpha value is -1.14. The van der Waals surface area contributed by atoms with Crippen molar-refractivity contribution >= 4 is 11.8 Å². The summed E-state index contributed by atoms with van der Waals surface area (Å²) < 4.78 is 0. The van der Waals surface area contributed by atoms with Crippen molar-refractivity contribution in [3.05, 3.63) is 0 Å². The van der Waals surface area contributed by atoms with E-state index in [0.29, 0.717) is 19.5 Å². The molecule has 0 aliphatic heterocycles. The molecule has 1 atom stereocenters. The number of amides is 2. The largest absolute Gasteiger partial charge is 0.370 e. The van der Waals surface area contributed by atoms with Gasteiger partial charge in [0.05, 0.1) is 6.04 Å². The van der Waals surface area contributed by atoms with Crippen molar-refractivity contribution in [2.45, 2.75) is 25.3 Å². The van der Waals surface area contributed by atoms with Crippen LogP contribution in [-0.4, -0.2) is 30.9 Å². The minimum atomic E-state index is -0.647. The van der Waals surface area contributed by atoms with Crippen molar-refractivity contribution in [2.24, 2.45) is 17.2 Å². The fraction of sp³-hybridized carbons (Fsp3) is 0.750. The molecule has 7 N–H and O–H groups in total. The smallest absolute Gasteiger partial charge is 0.235 e. The first-order chi connectivity index (χ1) is 6.54. The molecule has 0 aliphatic rings. The molecule has 6 nitrogen and oxygen atoms in total. The van der Waals surface area contributed by atoms with Gasteiger partial charge >= 0.3 is 0 Å². The minimum absolute atomic E-state index is 0.293. The Bertz CT molecular complexity index is 196. The third-order valence-corrected chi connectivity index (χ3v) is 1.76. The van der Waals surface area contributed by atoms with Crippen LogP contribution in [-0.2, 0) is 9.59 Å². The van der Waals surface area contributed by atoms with Gasteiger partial charge in [-0.05, 0) is 19.4 Å². The van der Waals surface area contributed by atoms with Gasteiger partial charge in [0.25, 0.3) is 0 Å². The van der Waals surface area contributed by atoms with Gasteiger partial charge in [0.15, 0.2) is 0 Å². The molecule has 6 heteroatoms. The van der Waals surface area contributed by atoms with E-state index in [1.807, 2.05) is 0 Å². The third-order valence-electron chi connectivity index (χ3n) is 1.76. The molecular weight excluding hydrogens is 184 g/mol. The number of carbonyl (C=O) groups excluding carboxylic acids is 2. The highest BCUT2D eigenvalue weighted by atomic mass is 16.1. The Morgan fingerprint density at radius 1 is 1.21 bits per heavy atom. The molecule has 0 aromatic rings. The Morgan fingerprint density at radius 2 is 1.86 bits per heavy atom. The molecule has 0 rings (SSSR count). The van der Waals surface area contributed by atoms with Crippen LogP contribution in [0, 0.1) is 0 Å². The van der Waals surface area contributed by atoms with Gasteiger partial charge in [0, 0.05) is 13.0 Å². The SMILES string of the molecule is NC(=O)CCCCNCC(N)C(N)=O. The number of nitrogens with one attached hydrogen (secondary N) is 1. The standard InChI is InChI=1S/C8H18N4O2/c9-6(8(11)14)5-12-4-2-1-3-7(10)13/h6,12H,1-5,9H2,(H2,10,13)(H2,11,14). The fourth-order valence-corrected chi connectivity index (χ4v) is 0.907. The van der Waals surface area contributed by atoms with Gasteiger partial charge in [0.2, 0.25) is 11.8 Å². The van der Waals surface area contributed by atoms with Crippen molar-refractivity contribution < 1.29 is 9.59 Å². The minimum Gasteiger partial charge on any atom is -0.370 e. The molecule has 0 saturated carbocycles. The van der Waals surface area contributed by atoms with E-state index in [-0.39, 0.29) is 5.91 Å². The summed E-state index contributed by atoms with van der Waals surface area (Å²) in [4.78, 5) is 20.9. The number of primary amides is 2. The van der Waals surface area contributed by atoms with Gasteiger partial charge in [-0.25, -0.2) is 0 Å². The van der Waals surface area contributed by atoms with Crippen LogP contribution >= 0.6 is 0 Å². The second kappa shape index (κ2) is 7.28. The predicted molar refractivity (Wildman–Crippen MR) is 53.1 cm³/mol. The van der Waals surface area contributed by atoms with Crippen LogP contribution in [0.2, 0.25) is 0 Å². The molecule has 1 unspecified atom stereocenters. The highest BCUT2D eigenvalue weighted by molar-refractivity contribution is 5.79. The Labute approximate surface area is 83.2 Å². The predicted octanol–water partition coefficient (Wildman–Crippen LogP) is -1.96. The van der Waals surface area contributed by atoms with Crippen LogP contribution in [0.4, 0.5) is 0 Å². The second-order valence-electron chi connectivity index (χ2n) is 3.14. The monoisotopic (exact) mass is 202 g/mol. The lowest BCUT2D eigenvalue weighted by Gasteiger charge is -2.08. The van der Waals surface area contributed by atoms with Gasteiger partial charge in [-0.3, -0.25) is 9.59 Å². The summed E-state index contributed by atoms with van der Waals surface area (Å²) >= 11 is 0. The van der Waals surface area contributed by atoms with Gasteiger partial charge in [-0.2, -0.15) is 0 Å². The maximum atomic E-state index is 10.5. The lowest BCUT2D eigenvalue weighted by Crippen LogP contribution is -2.44. The maximum absolute atomic E-state index is 10.5. The Balaban J connectivity index is 3.21. The quantitative estimate of drug-likeness (QED) is 0.341. The van der Waals surface area contributed by atoms with Gasteiger partial charge in [0.1, 0.15) is 0 Å². The maximum Gasteiger partial charge on any atom is 0.235 e. The Morgan fingerprint density at radius 3 is 2.36 bits per heavy atom. The summed E-state index contributed by atoms with van der Waals surface area (Å²) in [5.41, 5.74) is 15.3. The van der Waals surface area contributed by atoms with E-state index in [4.69, 9.17) is 17.2 Å². The highest BCUT2D eigenvalue weighted by Gasteiger charge is 2.06. The van der Waals surface area contributed by atoms with Crippen LogP contribution in [0.25, 0.3) is 0 Å². The molecule has 0 aliphatic carbocycles. The van der Waals surface area contributed by atoms with Crippen molar-refractivity contribution in [2.75, 3.05) is 13.1 Å². The molecule has 0 aromatic heterocycles. The number of hydrogen-bond acceptors (Lipinski definition) is 4. The summed E-state index contributed by atoms with van der Waals surface area (Å²) in [7, 11) is 0. The average molecular weight is 202 g/mol. The molecule has 0 spiro atoms. The van der Waals surface area contributed by atoms with E-state index >= 15 is 0 Å². The summed E-state index contributed by atoms with van der Waals surface area (Å²) in [5.74, 6) is -0.812. The first kappa shape index (κ1) is 12.9. The topological polar surface area (TPSA) is 124 Å². The zero-order valence-electron chi connectivity index (χ0n) is 8.16. The van der Waals surface area contributed by atoms with Crippen molar-refractivity contribution in [3.63, 3.8) is 0 Å². The van der Waals surface area contributed by atoms with Crippen LogP contribution in [0.15, 0.2) is 0 Å². The average Bonchev–Trinajstić information content (AvgIpc) is 2.09. The number of rotatable bonds is 8. The molecule has 2 amide bonds. The molecule has 0 radical (unpaired) electrons. The molecule has 82 valence electrons. The number of nitrogens with two attached hydrogens (primary N) is 3. The third kappa shape index (κ3) is 7.51. The summed E-state index contributed by atoms with van der Waals surface area (Å²) in [6.45, 7) is 1.07. The second-order valence-corrected chi connectivity index (χ2v) is 3.14. The molecule has 14 heavy (non-hydrogen) atoms. The first-order valence-electron chi connectivity index (χ1n) is 4.58. The molecular formula is C8H18N4O2. The first-order valence-corrected chi connectivity index (χ1v) is 4.58. The van der Waals surface area contributed by atoms with Crippen LogP contribution in [0.1, 0.15) is 19.3 Å². The fourth-order valence-electron chi connectivity index (χ4n) is 0.907. The lowest BCUT2D eigenvalue weighted by molar-refractivity contribution is -0.119. The van der Waals surface area contributed by atoms with Crippen LogP contribution in [0.5, 0.6) is 0 Å².